The van der Waals surface area contributed by atoms with Crippen molar-refractivity contribution in [3.63, 3.8) is 0 Å². The van der Waals surface area contributed by atoms with Crippen LogP contribution in [-0.4, -0.2) is 12.1 Å². The summed E-state index contributed by atoms with van der Waals surface area (Å²) in [7, 11) is 1.15. The Balaban J connectivity index is 2.86. The van der Waals surface area contributed by atoms with Gasteiger partial charge in [-0.25, -0.2) is 4.39 Å². The minimum atomic E-state index is -4.86. The van der Waals surface area contributed by atoms with Crippen LogP contribution in [0.5, 0.6) is 5.75 Å². The normalized spacial score (nSPS) is 12.7. The maximum absolute atomic E-state index is 13.9. The van der Waals surface area contributed by atoms with E-state index in [1.807, 2.05) is 0 Å². The number of nitrogens with zero attached hydrogens (tertiary/aromatic N) is 1. The molecule has 1 aromatic heterocycles. The minimum absolute atomic E-state index is 0.0507. The number of nitrogens with two attached hydrogens (primary N) is 3. The Hall–Kier alpha value is -2.97. The van der Waals surface area contributed by atoms with Crippen LogP contribution in [0.4, 0.5) is 17.6 Å². The summed E-state index contributed by atoms with van der Waals surface area (Å²) in [5.41, 5.74) is 15.5. The van der Waals surface area contributed by atoms with E-state index in [0.29, 0.717) is 17.4 Å². The lowest BCUT2D eigenvalue weighted by atomic mass is 10.0. The maximum atomic E-state index is 13.9. The zero-order chi connectivity index (χ0) is 18.1. The first-order chi connectivity index (χ1) is 11.2. The number of hydrogen-bond acceptors (Lipinski definition) is 5. The zero-order valence-electron chi connectivity index (χ0n) is 12.5. The second kappa shape index (κ2) is 6.26. The zero-order valence-corrected chi connectivity index (χ0v) is 12.5. The highest BCUT2D eigenvalue weighted by Gasteiger charge is 2.35. The predicted molar refractivity (Wildman–Crippen MR) is 79.9 cm³/mol. The van der Waals surface area contributed by atoms with Gasteiger partial charge < -0.3 is 21.9 Å². The summed E-state index contributed by atoms with van der Waals surface area (Å²) >= 11 is 0. The summed E-state index contributed by atoms with van der Waals surface area (Å²) in [4.78, 5) is 3.85. The monoisotopic (exact) mass is 342 g/mol. The number of hydrogen-bond donors (Lipinski definition) is 3. The molecule has 0 spiro atoms. The molecular weight excluding hydrogens is 328 g/mol. The van der Waals surface area contributed by atoms with Crippen molar-refractivity contribution in [2.45, 2.75) is 6.18 Å². The van der Waals surface area contributed by atoms with E-state index in [2.05, 4.69) is 4.98 Å². The molecule has 2 rings (SSSR count). The van der Waals surface area contributed by atoms with E-state index >= 15 is 0 Å². The highest BCUT2D eigenvalue weighted by atomic mass is 19.4. The standard InChI is InChI=1S/C15H14F4N4O/c1-24-12-5-10(15(17,18)19)11(16)4-8(12)13(20)7-2-3-23-6-9(7)14(21)22/h2-6H,20-22H2,1H3/b13-7-. The number of rotatable bonds is 2. The second-order valence-electron chi connectivity index (χ2n) is 4.82. The Labute approximate surface area is 134 Å². The molecule has 0 aliphatic heterocycles. The van der Waals surface area contributed by atoms with Gasteiger partial charge in [0.05, 0.1) is 18.4 Å². The lowest BCUT2D eigenvalue weighted by Gasteiger charge is -2.14. The molecule has 1 heterocycles. The van der Waals surface area contributed by atoms with Crippen molar-refractivity contribution in [3.8, 4) is 5.75 Å². The molecule has 9 heteroatoms. The molecule has 0 fully saturated rings. The number of aromatic nitrogens is 1. The van der Waals surface area contributed by atoms with Gasteiger partial charge in [-0.1, -0.05) is 0 Å². The number of benzene rings is 1. The maximum Gasteiger partial charge on any atom is 0.419 e. The van der Waals surface area contributed by atoms with Gasteiger partial charge in [-0.2, -0.15) is 13.2 Å². The van der Waals surface area contributed by atoms with Crippen molar-refractivity contribution in [2.24, 2.45) is 17.2 Å². The van der Waals surface area contributed by atoms with Gasteiger partial charge in [0.2, 0.25) is 0 Å². The van der Waals surface area contributed by atoms with Crippen LogP contribution in [0.15, 0.2) is 30.6 Å². The summed E-state index contributed by atoms with van der Waals surface area (Å²) in [5.74, 6) is -1.80. The molecule has 0 radical (unpaired) electrons. The smallest absolute Gasteiger partial charge is 0.419 e. The lowest BCUT2D eigenvalue weighted by molar-refractivity contribution is -0.140. The summed E-state index contributed by atoms with van der Waals surface area (Å²) in [5, 5.41) is 0.569. The van der Waals surface area contributed by atoms with Crippen LogP contribution in [0, 0.1) is 5.82 Å². The Morgan fingerprint density at radius 2 is 1.79 bits per heavy atom. The van der Waals surface area contributed by atoms with Crippen LogP contribution in [0.2, 0.25) is 0 Å². The molecule has 24 heavy (non-hydrogen) atoms. The minimum Gasteiger partial charge on any atom is -0.496 e. The average Bonchev–Trinajstić information content (AvgIpc) is 2.52. The molecule has 0 bridgehead atoms. The van der Waals surface area contributed by atoms with Crippen LogP contribution < -0.4 is 32.4 Å². The fraction of sp³-hybridized carbons (Fsp3) is 0.133. The molecule has 0 aliphatic carbocycles. The highest BCUT2D eigenvalue weighted by molar-refractivity contribution is 5.69. The van der Waals surface area contributed by atoms with Crippen molar-refractivity contribution < 1.29 is 22.3 Å². The topological polar surface area (TPSA) is 100 Å². The van der Waals surface area contributed by atoms with Crippen LogP contribution in [-0.2, 0) is 6.18 Å². The van der Waals surface area contributed by atoms with E-state index in [0.717, 1.165) is 7.11 Å². The number of ether oxygens (including phenoxy) is 1. The Kier molecular flexibility index (Phi) is 4.54. The lowest BCUT2D eigenvalue weighted by Crippen LogP contribution is -2.36. The SMILES string of the molecule is COc1cc(C(F)(F)F)c(F)cc1/C(N)=c1\ccncc1=C(N)N. The molecule has 0 atom stereocenters. The fourth-order valence-electron chi connectivity index (χ4n) is 2.15. The quantitative estimate of drug-likeness (QED) is 0.684. The van der Waals surface area contributed by atoms with Gasteiger partial charge in [0, 0.05) is 28.4 Å². The third-order valence-electron chi connectivity index (χ3n) is 3.31. The van der Waals surface area contributed by atoms with Gasteiger partial charge >= 0.3 is 6.18 Å². The van der Waals surface area contributed by atoms with Crippen LogP contribution in [0.1, 0.15) is 11.1 Å². The molecule has 0 aliphatic rings. The van der Waals surface area contributed by atoms with Gasteiger partial charge in [0.1, 0.15) is 17.4 Å². The van der Waals surface area contributed by atoms with Gasteiger partial charge in [-0.05, 0) is 18.2 Å². The molecule has 2 aromatic rings. The molecule has 0 saturated carbocycles. The van der Waals surface area contributed by atoms with Crippen LogP contribution in [0.25, 0.3) is 11.5 Å². The molecule has 128 valence electrons. The van der Waals surface area contributed by atoms with E-state index in [9.17, 15) is 17.6 Å². The van der Waals surface area contributed by atoms with E-state index < -0.39 is 17.6 Å². The first kappa shape index (κ1) is 17.4. The van der Waals surface area contributed by atoms with Gasteiger partial charge in [0.25, 0.3) is 0 Å². The Morgan fingerprint density at radius 3 is 2.33 bits per heavy atom. The molecular formula is C15H14F4N4O. The van der Waals surface area contributed by atoms with E-state index in [1.165, 1.54) is 18.5 Å². The van der Waals surface area contributed by atoms with Crippen molar-refractivity contribution in [1.82, 2.24) is 4.98 Å². The largest absolute Gasteiger partial charge is 0.496 e. The van der Waals surface area contributed by atoms with E-state index in [4.69, 9.17) is 21.9 Å². The average molecular weight is 342 g/mol. The Morgan fingerprint density at radius 1 is 1.12 bits per heavy atom. The van der Waals surface area contributed by atoms with Crippen molar-refractivity contribution in [1.29, 1.82) is 0 Å². The second-order valence-corrected chi connectivity index (χ2v) is 4.82. The van der Waals surface area contributed by atoms with Crippen molar-refractivity contribution >= 4 is 11.5 Å². The fourth-order valence-corrected chi connectivity index (χ4v) is 2.15. The number of pyridine rings is 1. The van der Waals surface area contributed by atoms with Gasteiger partial charge in [0.15, 0.2) is 0 Å². The van der Waals surface area contributed by atoms with Gasteiger partial charge in [-0.15, -0.1) is 0 Å². The number of halogens is 4. The third-order valence-corrected chi connectivity index (χ3v) is 3.31. The van der Waals surface area contributed by atoms with Crippen molar-refractivity contribution in [3.05, 3.63) is 58.0 Å². The summed E-state index contributed by atoms with van der Waals surface area (Å²) in [6, 6.07) is 2.67. The predicted octanol–water partition coefficient (Wildman–Crippen LogP) is 0.346. The first-order valence-electron chi connectivity index (χ1n) is 6.57. The highest BCUT2D eigenvalue weighted by Crippen LogP contribution is 2.36. The van der Waals surface area contributed by atoms with Gasteiger partial charge in [-0.3, -0.25) is 4.98 Å². The molecule has 0 amide bonds. The molecule has 1 aromatic carbocycles. The van der Waals surface area contributed by atoms with E-state index in [1.54, 1.807) is 0 Å². The van der Waals surface area contributed by atoms with Crippen LogP contribution in [0.3, 0.4) is 0 Å². The molecule has 0 unspecified atom stereocenters. The van der Waals surface area contributed by atoms with E-state index in [-0.39, 0.29) is 28.0 Å². The molecule has 5 nitrogen and oxygen atoms in total. The Bertz CT molecular complexity index is 889. The molecule has 6 N–H and O–H groups in total. The van der Waals surface area contributed by atoms with Crippen molar-refractivity contribution in [2.75, 3.05) is 7.11 Å². The summed E-state index contributed by atoms with van der Waals surface area (Å²) < 4.78 is 57.3. The first-order valence-corrected chi connectivity index (χ1v) is 6.57. The molecule has 0 saturated heterocycles. The summed E-state index contributed by atoms with van der Waals surface area (Å²) in [6.45, 7) is 0. The van der Waals surface area contributed by atoms with Crippen LogP contribution >= 0.6 is 0 Å². The summed E-state index contributed by atoms with van der Waals surface area (Å²) in [6.07, 6.45) is -2.13. The third kappa shape index (κ3) is 3.19. The number of alkyl halides is 3. The number of methoxy groups -OCH3 is 1.